The fraction of sp³-hybridized carbons (Fsp3) is 0.276. The molecule has 180 valence electrons. The lowest BCUT2D eigenvalue weighted by Gasteiger charge is -2.15. The lowest BCUT2D eigenvalue weighted by Crippen LogP contribution is -2.14. The van der Waals surface area contributed by atoms with Crippen molar-refractivity contribution in [1.29, 1.82) is 5.26 Å². The van der Waals surface area contributed by atoms with Gasteiger partial charge in [0.05, 0.1) is 34.7 Å². The number of hydrogen-bond acceptors (Lipinski definition) is 4. The Hall–Kier alpha value is -4.02. The van der Waals surface area contributed by atoms with E-state index in [-0.39, 0.29) is 11.6 Å². The van der Waals surface area contributed by atoms with E-state index in [9.17, 15) is 9.65 Å². The van der Waals surface area contributed by atoms with Gasteiger partial charge in [-0.1, -0.05) is 12.1 Å². The molecule has 0 saturated carbocycles. The van der Waals surface area contributed by atoms with Crippen molar-refractivity contribution in [3.05, 3.63) is 72.4 Å². The maximum atomic E-state index is 14.8. The van der Waals surface area contributed by atoms with Gasteiger partial charge in [0.25, 0.3) is 0 Å². The van der Waals surface area contributed by atoms with Crippen LogP contribution in [0.5, 0.6) is 0 Å². The highest BCUT2D eigenvalue weighted by molar-refractivity contribution is 6.02. The molecule has 1 fully saturated rings. The fourth-order valence-electron chi connectivity index (χ4n) is 5.35. The Balaban J connectivity index is 1.55. The Bertz CT molecular complexity index is 1630. The molecule has 1 aliphatic heterocycles. The van der Waals surface area contributed by atoms with Crippen LogP contribution in [0.3, 0.4) is 0 Å². The smallest absolute Gasteiger partial charge is 0.141 e. The number of rotatable bonds is 5. The van der Waals surface area contributed by atoms with E-state index in [2.05, 4.69) is 59.3 Å². The number of aromatic nitrogens is 4. The second-order valence-electron chi connectivity index (χ2n) is 9.87. The highest BCUT2D eigenvalue weighted by Gasteiger charge is 2.20. The summed E-state index contributed by atoms with van der Waals surface area (Å²) >= 11 is 0. The fourth-order valence-corrected chi connectivity index (χ4v) is 5.35. The third-order valence-corrected chi connectivity index (χ3v) is 7.18. The number of halogens is 1. The number of benzene rings is 2. The summed E-state index contributed by atoms with van der Waals surface area (Å²) in [6.45, 7) is 7.21. The monoisotopic (exact) mass is 478 g/mol. The van der Waals surface area contributed by atoms with Gasteiger partial charge in [0, 0.05) is 40.7 Å². The van der Waals surface area contributed by atoms with Gasteiger partial charge in [0.2, 0.25) is 0 Å². The zero-order chi connectivity index (χ0) is 24.8. The maximum Gasteiger partial charge on any atom is 0.141 e. The molecule has 1 saturated heterocycles. The summed E-state index contributed by atoms with van der Waals surface area (Å²) in [5.41, 5.74) is 5.43. The number of fused-ring (bicyclic) bond motifs is 2. The topological polar surface area (TPSA) is 71.5 Å². The first-order valence-electron chi connectivity index (χ1n) is 12.4. The summed E-state index contributed by atoms with van der Waals surface area (Å²) in [5, 5.41) is 19.3. The van der Waals surface area contributed by atoms with Crippen LogP contribution in [0.15, 0.2) is 61.1 Å². The van der Waals surface area contributed by atoms with Crippen LogP contribution in [-0.4, -0.2) is 32.4 Å². The zero-order valence-corrected chi connectivity index (χ0v) is 20.4. The normalized spacial score (nSPS) is 15.8. The first-order chi connectivity index (χ1) is 17.5. The van der Waals surface area contributed by atoms with E-state index >= 15 is 0 Å². The number of nitrogens with zero attached hydrogens (tertiary/aromatic N) is 5. The summed E-state index contributed by atoms with van der Waals surface area (Å²) in [5.74, 6) is 0.0547. The minimum atomic E-state index is -0.525. The molecule has 0 bridgehead atoms. The largest absolute Gasteiger partial charge is 0.346 e. The molecule has 7 heteroatoms. The Morgan fingerprint density at radius 3 is 2.72 bits per heavy atom. The number of nitrogens with one attached hydrogen (secondary N) is 1. The van der Waals surface area contributed by atoms with Gasteiger partial charge in [0.15, 0.2) is 0 Å². The van der Waals surface area contributed by atoms with E-state index in [1.807, 2.05) is 29.2 Å². The van der Waals surface area contributed by atoms with Gasteiger partial charge in [-0.25, -0.2) is 4.39 Å². The van der Waals surface area contributed by atoms with Gasteiger partial charge in [-0.15, -0.1) is 0 Å². The van der Waals surface area contributed by atoms with Crippen LogP contribution in [0.2, 0.25) is 0 Å². The Morgan fingerprint density at radius 1 is 1.11 bits per heavy atom. The lowest BCUT2D eigenvalue weighted by atomic mass is 9.95. The average molecular weight is 479 g/mol. The lowest BCUT2D eigenvalue weighted by molar-refractivity contribution is 0.491. The predicted molar refractivity (Wildman–Crippen MR) is 140 cm³/mol. The maximum absolute atomic E-state index is 14.8. The van der Waals surface area contributed by atoms with Crippen molar-refractivity contribution in [3.8, 4) is 28.5 Å². The van der Waals surface area contributed by atoms with E-state index in [1.165, 1.54) is 6.07 Å². The molecule has 36 heavy (non-hydrogen) atoms. The van der Waals surface area contributed by atoms with Gasteiger partial charge in [-0.3, -0.25) is 9.67 Å². The second-order valence-corrected chi connectivity index (χ2v) is 9.87. The van der Waals surface area contributed by atoms with Gasteiger partial charge in [-0.05, 0) is 75.2 Å². The molecule has 6 rings (SSSR count). The Kier molecular flexibility index (Phi) is 5.54. The van der Waals surface area contributed by atoms with Crippen molar-refractivity contribution < 1.29 is 4.39 Å². The van der Waals surface area contributed by atoms with Gasteiger partial charge in [0.1, 0.15) is 11.9 Å². The van der Waals surface area contributed by atoms with Crippen molar-refractivity contribution in [2.75, 3.05) is 13.1 Å². The average Bonchev–Trinajstić information content (AvgIpc) is 3.63. The van der Waals surface area contributed by atoms with Crippen molar-refractivity contribution in [1.82, 2.24) is 24.6 Å². The summed E-state index contributed by atoms with van der Waals surface area (Å²) < 4.78 is 19.0. The molecule has 6 nitrogen and oxygen atoms in total. The number of hydrogen-bond donors (Lipinski definition) is 1. The van der Waals surface area contributed by atoms with E-state index in [0.717, 1.165) is 64.7 Å². The van der Waals surface area contributed by atoms with Crippen LogP contribution < -0.4 is 5.32 Å². The first-order valence-corrected chi connectivity index (χ1v) is 12.4. The molecule has 2 aromatic carbocycles. The molecule has 4 heterocycles. The van der Waals surface area contributed by atoms with Crippen LogP contribution in [0.1, 0.15) is 31.9 Å². The standard InChI is InChI=1S/C29H27FN6/c1-18(2)36-26-6-5-21(11-23(26)15-34-36)29-28(20-3-4-22(13-31)25(30)12-20)24-8-10-35(27(24)16-33-29)17-19-7-9-32-14-19/h3-6,8,10-12,15-16,18-19,32H,7,9,14,17H2,1-2H3/t19-/m1/s1. The zero-order valence-electron chi connectivity index (χ0n) is 20.4. The van der Waals surface area contributed by atoms with E-state index in [0.29, 0.717) is 11.5 Å². The van der Waals surface area contributed by atoms with Crippen LogP contribution in [0.4, 0.5) is 4.39 Å². The van der Waals surface area contributed by atoms with E-state index in [1.54, 1.807) is 6.07 Å². The molecule has 0 spiro atoms. The minimum absolute atomic E-state index is 0.0363. The molecule has 0 radical (unpaired) electrons. The van der Waals surface area contributed by atoms with Gasteiger partial charge < -0.3 is 9.88 Å². The van der Waals surface area contributed by atoms with Crippen LogP contribution in [-0.2, 0) is 6.54 Å². The number of nitriles is 1. The van der Waals surface area contributed by atoms with Crippen molar-refractivity contribution >= 4 is 21.8 Å². The molecule has 1 aliphatic rings. The van der Waals surface area contributed by atoms with Crippen LogP contribution in [0.25, 0.3) is 44.2 Å². The summed E-state index contributed by atoms with van der Waals surface area (Å²) in [6, 6.07) is 15.3. The molecule has 0 amide bonds. The van der Waals surface area contributed by atoms with Crippen LogP contribution in [0, 0.1) is 23.1 Å². The quantitative estimate of drug-likeness (QED) is 0.340. The van der Waals surface area contributed by atoms with Crippen molar-refractivity contribution in [2.45, 2.75) is 32.9 Å². The molecular formula is C29H27FN6. The van der Waals surface area contributed by atoms with Crippen molar-refractivity contribution in [3.63, 3.8) is 0 Å². The third kappa shape index (κ3) is 3.75. The van der Waals surface area contributed by atoms with E-state index < -0.39 is 5.82 Å². The van der Waals surface area contributed by atoms with Crippen LogP contribution >= 0.6 is 0 Å². The third-order valence-electron chi connectivity index (χ3n) is 7.18. The minimum Gasteiger partial charge on any atom is -0.346 e. The van der Waals surface area contributed by atoms with Gasteiger partial charge in [-0.2, -0.15) is 10.4 Å². The first kappa shape index (κ1) is 22.4. The van der Waals surface area contributed by atoms with E-state index in [4.69, 9.17) is 4.98 Å². The number of pyridine rings is 1. The summed E-state index contributed by atoms with van der Waals surface area (Å²) in [4.78, 5) is 4.93. The Morgan fingerprint density at radius 2 is 1.97 bits per heavy atom. The highest BCUT2D eigenvalue weighted by Crippen LogP contribution is 2.39. The summed E-state index contributed by atoms with van der Waals surface area (Å²) in [6.07, 6.45) is 7.07. The molecule has 0 aliphatic carbocycles. The molecule has 3 aromatic heterocycles. The SMILES string of the molecule is CC(C)n1ncc2cc(-c3ncc4c(ccn4C[C@@H]4CCNC4)c3-c3ccc(C#N)c(F)c3)ccc21. The molecule has 1 atom stereocenters. The molecule has 5 aromatic rings. The Labute approximate surface area is 209 Å². The van der Waals surface area contributed by atoms with Crippen molar-refractivity contribution in [2.24, 2.45) is 5.92 Å². The summed E-state index contributed by atoms with van der Waals surface area (Å²) in [7, 11) is 0. The highest BCUT2D eigenvalue weighted by atomic mass is 19.1. The molecule has 0 unspecified atom stereocenters. The molecule has 1 N–H and O–H groups in total. The van der Waals surface area contributed by atoms with Gasteiger partial charge >= 0.3 is 0 Å². The predicted octanol–water partition coefficient (Wildman–Crippen LogP) is 5.92. The molecular weight excluding hydrogens is 451 g/mol. The second kappa shape index (κ2) is 8.89.